The minimum absolute atomic E-state index is 0.207. The fraction of sp³-hybridized carbons (Fsp3) is 0.529. The first-order chi connectivity index (χ1) is 13.3. The molecule has 140 valence electrons. The highest BCUT2D eigenvalue weighted by molar-refractivity contribution is 5.68. The highest BCUT2D eigenvalue weighted by atomic mass is 16.6. The number of hydrogen-bond donors (Lipinski definition) is 0. The van der Waals surface area contributed by atoms with E-state index in [1.54, 1.807) is 15.6 Å². The van der Waals surface area contributed by atoms with Gasteiger partial charge < -0.3 is 9.64 Å². The van der Waals surface area contributed by atoms with Crippen LogP contribution in [0.4, 0.5) is 4.79 Å². The minimum atomic E-state index is -0.265. The number of aryl methyl sites for hydroxylation is 1. The van der Waals surface area contributed by atoms with Gasteiger partial charge in [-0.1, -0.05) is 5.21 Å². The third kappa shape index (κ3) is 3.34. The molecule has 0 bridgehead atoms. The van der Waals surface area contributed by atoms with E-state index in [0.29, 0.717) is 31.4 Å². The molecule has 1 amide bonds. The fourth-order valence-corrected chi connectivity index (χ4v) is 3.22. The molecule has 0 aromatic carbocycles. The number of hydrogen-bond acceptors (Lipinski definition) is 7. The highest BCUT2D eigenvalue weighted by Crippen LogP contribution is 2.39. The topological polar surface area (TPSA) is 103 Å². The molecule has 0 unspecified atom stereocenters. The molecule has 4 heterocycles. The van der Waals surface area contributed by atoms with Crippen LogP contribution in [-0.4, -0.2) is 65.3 Å². The van der Waals surface area contributed by atoms with E-state index in [1.165, 1.54) is 19.2 Å². The SMILES string of the molecule is O=C(OCCCc1cnc2ncnn2c1)N1CC(n2cc(C3CC3)nn2)C1. The van der Waals surface area contributed by atoms with E-state index in [1.807, 2.05) is 17.1 Å². The number of ether oxygens (including phenoxy) is 1. The summed E-state index contributed by atoms with van der Waals surface area (Å²) in [7, 11) is 0. The Bertz CT molecular complexity index is 957. The predicted molar refractivity (Wildman–Crippen MR) is 93.1 cm³/mol. The Morgan fingerprint density at radius 3 is 2.96 bits per heavy atom. The molecular weight excluding hydrogens is 348 g/mol. The van der Waals surface area contributed by atoms with Crippen molar-refractivity contribution in [3.05, 3.63) is 36.2 Å². The van der Waals surface area contributed by atoms with E-state index in [-0.39, 0.29) is 12.1 Å². The highest BCUT2D eigenvalue weighted by Gasteiger charge is 2.35. The third-order valence-corrected chi connectivity index (χ3v) is 5.04. The molecule has 2 aliphatic rings. The zero-order valence-corrected chi connectivity index (χ0v) is 14.8. The van der Waals surface area contributed by atoms with E-state index in [9.17, 15) is 4.79 Å². The number of rotatable bonds is 6. The average molecular weight is 368 g/mol. The van der Waals surface area contributed by atoms with Gasteiger partial charge in [0.2, 0.25) is 0 Å². The summed E-state index contributed by atoms with van der Waals surface area (Å²) in [6.45, 7) is 1.63. The van der Waals surface area contributed by atoms with E-state index in [0.717, 1.165) is 24.1 Å². The molecule has 1 saturated heterocycles. The van der Waals surface area contributed by atoms with Gasteiger partial charge in [0.15, 0.2) is 0 Å². The summed E-state index contributed by atoms with van der Waals surface area (Å²) in [6, 6.07) is 0.207. The Morgan fingerprint density at radius 1 is 1.22 bits per heavy atom. The quantitative estimate of drug-likeness (QED) is 0.603. The summed E-state index contributed by atoms with van der Waals surface area (Å²) in [6.07, 6.45) is 10.8. The maximum absolute atomic E-state index is 12.1. The molecule has 3 aromatic heterocycles. The van der Waals surface area contributed by atoms with E-state index in [4.69, 9.17) is 4.74 Å². The van der Waals surface area contributed by atoms with Crippen molar-refractivity contribution in [1.82, 2.24) is 39.5 Å². The number of nitrogens with zero attached hydrogens (tertiary/aromatic N) is 8. The molecule has 27 heavy (non-hydrogen) atoms. The second kappa shape index (κ2) is 6.60. The third-order valence-electron chi connectivity index (χ3n) is 5.04. The number of amides is 1. The molecular formula is C17H20N8O2. The van der Waals surface area contributed by atoms with E-state index in [2.05, 4.69) is 25.4 Å². The monoisotopic (exact) mass is 368 g/mol. The Kier molecular flexibility index (Phi) is 3.95. The van der Waals surface area contributed by atoms with Gasteiger partial charge in [-0.2, -0.15) is 10.1 Å². The van der Waals surface area contributed by atoms with Gasteiger partial charge in [-0.25, -0.2) is 19.0 Å². The number of aromatic nitrogens is 7. The fourth-order valence-electron chi connectivity index (χ4n) is 3.22. The molecule has 1 saturated carbocycles. The summed E-state index contributed by atoms with van der Waals surface area (Å²) in [5, 5.41) is 12.5. The first kappa shape index (κ1) is 16.2. The molecule has 0 atom stereocenters. The first-order valence-corrected chi connectivity index (χ1v) is 9.24. The molecule has 2 fully saturated rings. The Balaban J connectivity index is 1.04. The van der Waals surface area contributed by atoms with Crippen LogP contribution < -0.4 is 0 Å². The molecule has 0 N–H and O–H groups in total. The molecule has 0 radical (unpaired) electrons. The number of carbonyl (C=O) groups is 1. The van der Waals surface area contributed by atoms with Crippen molar-refractivity contribution in [3.8, 4) is 0 Å². The van der Waals surface area contributed by atoms with Gasteiger partial charge in [0.05, 0.1) is 18.3 Å². The standard InChI is InChI=1S/C17H20N8O2/c26-17(23-8-14(9-23)24-10-15(21-22-24)13-3-4-13)27-5-1-2-12-6-18-16-19-11-20-25(16)7-12/h6-7,10-11,13-14H,1-5,8-9H2. The van der Waals surface area contributed by atoms with E-state index < -0.39 is 0 Å². The number of carbonyl (C=O) groups excluding carboxylic acids is 1. The van der Waals surface area contributed by atoms with Crippen LogP contribution in [0.25, 0.3) is 5.78 Å². The van der Waals surface area contributed by atoms with Gasteiger partial charge in [-0.15, -0.1) is 5.10 Å². The van der Waals surface area contributed by atoms with Crippen LogP contribution in [0.5, 0.6) is 0 Å². The van der Waals surface area contributed by atoms with Crippen LogP contribution >= 0.6 is 0 Å². The average Bonchev–Trinajstić information content (AvgIpc) is 3.18. The van der Waals surface area contributed by atoms with Crippen molar-refractivity contribution in [2.75, 3.05) is 19.7 Å². The molecule has 1 aliphatic heterocycles. The maximum atomic E-state index is 12.1. The van der Waals surface area contributed by atoms with Crippen molar-refractivity contribution in [3.63, 3.8) is 0 Å². The second-order valence-electron chi connectivity index (χ2n) is 7.14. The lowest BCUT2D eigenvalue weighted by Crippen LogP contribution is -2.51. The number of fused-ring (bicyclic) bond motifs is 1. The second-order valence-corrected chi connectivity index (χ2v) is 7.14. The lowest BCUT2D eigenvalue weighted by atomic mass is 10.1. The van der Waals surface area contributed by atoms with Crippen molar-refractivity contribution in [2.45, 2.75) is 37.6 Å². The summed E-state index contributed by atoms with van der Waals surface area (Å²) in [4.78, 5) is 22.0. The van der Waals surface area contributed by atoms with Gasteiger partial charge in [-0.05, 0) is 31.2 Å². The molecule has 10 nitrogen and oxygen atoms in total. The van der Waals surface area contributed by atoms with Gasteiger partial charge in [0.1, 0.15) is 6.33 Å². The smallest absolute Gasteiger partial charge is 0.409 e. The zero-order chi connectivity index (χ0) is 18.2. The summed E-state index contributed by atoms with van der Waals surface area (Å²) in [5.74, 6) is 1.18. The lowest BCUT2D eigenvalue weighted by Gasteiger charge is -2.37. The summed E-state index contributed by atoms with van der Waals surface area (Å²) >= 11 is 0. The van der Waals surface area contributed by atoms with Crippen molar-refractivity contribution in [1.29, 1.82) is 0 Å². The van der Waals surface area contributed by atoms with Crippen LogP contribution in [0.3, 0.4) is 0 Å². The van der Waals surface area contributed by atoms with Crippen LogP contribution in [0.15, 0.2) is 24.9 Å². The molecule has 3 aromatic rings. The van der Waals surface area contributed by atoms with Crippen LogP contribution in [-0.2, 0) is 11.2 Å². The van der Waals surface area contributed by atoms with Gasteiger partial charge in [-0.3, -0.25) is 0 Å². The zero-order valence-electron chi connectivity index (χ0n) is 14.8. The normalized spacial score (nSPS) is 17.3. The molecule has 1 aliphatic carbocycles. The Labute approximate surface area is 155 Å². The van der Waals surface area contributed by atoms with Crippen molar-refractivity contribution in [2.24, 2.45) is 0 Å². The molecule has 0 spiro atoms. The molecule has 5 rings (SSSR count). The minimum Gasteiger partial charge on any atom is -0.449 e. The van der Waals surface area contributed by atoms with Crippen molar-refractivity contribution >= 4 is 11.9 Å². The first-order valence-electron chi connectivity index (χ1n) is 9.24. The van der Waals surface area contributed by atoms with Gasteiger partial charge in [0.25, 0.3) is 5.78 Å². The van der Waals surface area contributed by atoms with Gasteiger partial charge in [0, 0.05) is 37.6 Å². The van der Waals surface area contributed by atoms with Gasteiger partial charge >= 0.3 is 6.09 Å². The van der Waals surface area contributed by atoms with Crippen LogP contribution in [0.2, 0.25) is 0 Å². The van der Waals surface area contributed by atoms with E-state index >= 15 is 0 Å². The maximum Gasteiger partial charge on any atom is 0.409 e. The summed E-state index contributed by atoms with van der Waals surface area (Å²) < 4.78 is 8.88. The predicted octanol–water partition coefficient (Wildman–Crippen LogP) is 1.22. The number of likely N-dealkylation sites (tertiary alicyclic amines) is 1. The van der Waals surface area contributed by atoms with Crippen LogP contribution in [0.1, 0.15) is 42.5 Å². The summed E-state index contributed by atoms with van der Waals surface area (Å²) in [5.41, 5.74) is 2.11. The Morgan fingerprint density at radius 2 is 2.11 bits per heavy atom. The van der Waals surface area contributed by atoms with Crippen molar-refractivity contribution < 1.29 is 9.53 Å². The molecule has 10 heteroatoms. The Hall–Kier alpha value is -3.04. The largest absolute Gasteiger partial charge is 0.449 e. The van der Waals surface area contributed by atoms with Crippen LogP contribution in [0, 0.1) is 0 Å². The lowest BCUT2D eigenvalue weighted by molar-refractivity contribution is 0.0529.